The Morgan fingerprint density at radius 2 is 1.50 bits per heavy atom. The van der Waals surface area contributed by atoms with Gasteiger partial charge in [-0.1, -0.05) is 13.5 Å². The van der Waals surface area contributed by atoms with E-state index >= 15 is 0 Å². The Kier molecular flexibility index (Phi) is 13.9. The molecule has 10 heteroatoms. The normalized spacial score (nSPS) is 14.4. The minimum absolute atomic E-state index is 0.176. The lowest BCUT2D eigenvalue weighted by Gasteiger charge is -2.36. The number of ether oxygens (including phenoxy) is 1. The molecule has 0 saturated heterocycles. The fourth-order valence-corrected chi connectivity index (χ4v) is 9.64. The van der Waals surface area contributed by atoms with E-state index in [2.05, 4.69) is 45.9 Å². The van der Waals surface area contributed by atoms with Crippen molar-refractivity contribution in [3.8, 4) is 0 Å². The minimum Gasteiger partial charge on any atom is -0.478 e. The molecule has 2 atom stereocenters. The number of hydrogen-bond acceptors (Lipinski definition) is 6. The summed E-state index contributed by atoms with van der Waals surface area (Å²) in [4.78, 5) is 9.60. The summed E-state index contributed by atoms with van der Waals surface area (Å²) in [6, 6.07) is 0. The molecule has 0 saturated carbocycles. The van der Waals surface area contributed by atoms with Crippen LogP contribution >= 0.6 is 0 Å². The Balaban J connectivity index is 0. The van der Waals surface area contributed by atoms with E-state index in [1.54, 1.807) is 0 Å². The highest BCUT2D eigenvalue weighted by atomic mass is 28.4. The molecule has 0 fully saturated rings. The van der Waals surface area contributed by atoms with Crippen molar-refractivity contribution in [1.29, 1.82) is 0 Å². The molecule has 156 valence electrons. The van der Waals surface area contributed by atoms with E-state index in [1.165, 1.54) is 6.92 Å². The number of rotatable bonds is 11. The second-order valence-electron chi connectivity index (χ2n) is 8.00. The molecule has 0 spiro atoms. The molecule has 0 amide bonds. The molecule has 0 aliphatic carbocycles. The van der Waals surface area contributed by atoms with E-state index in [9.17, 15) is 15.0 Å². The van der Waals surface area contributed by atoms with E-state index < -0.39 is 43.7 Å². The Hall–Kier alpha value is -0.339. The molecule has 0 aliphatic rings. The summed E-state index contributed by atoms with van der Waals surface area (Å²) in [5, 5.41) is 27.2. The van der Waals surface area contributed by atoms with Crippen LogP contribution in [0.15, 0.2) is 12.2 Å². The van der Waals surface area contributed by atoms with Crippen molar-refractivity contribution in [2.75, 3.05) is 13.2 Å². The van der Waals surface area contributed by atoms with Gasteiger partial charge >= 0.3 is 15.3 Å². The third kappa shape index (κ3) is 15.9. The van der Waals surface area contributed by atoms with Crippen molar-refractivity contribution in [2.45, 2.75) is 71.4 Å². The molecule has 0 heterocycles. The van der Waals surface area contributed by atoms with E-state index in [0.717, 1.165) is 6.42 Å². The zero-order chi connectivity index (χ0) is 21.1. The summed E-state index contributed by atoms with van der Waals surface area (Å²) < 4.78 is 18.1. The molecule has 0 aromatic rings. The zero-order valence-electron chi connectivity index (χ0n) is 17.5. The van der Waals surface area contributed by atoms with Crippen molar-refractivity contribution < 1.29 is 33.1 Å². The molecule has 0 rings (SSSR count). The van der Waals surface area contributed by atoms with Gasteiger partial charge in [0.2, 0.25) is 0 Å². The van der Waals surface area contributed by atoms with Crippen LogP contribution in [-0.4, -0.2) is 72.3 Å². The van der Waals surface area contributed by atoms with Crippen molar-refractivity contribution in [1.82, 2.24) is 0 Å². The fraction of sp³-hybridized carbons (Fsp3) is 0.812. The van der Waals surface area contributed by atoms with Crippen LogP contribution < -0.4 is 0 Å². The van der Waals surface area contributed by atoms with Crippen LogP contribution in [0.2, 0.25) is 39.3 Å². The van der Waals surface area contributed by atoms with Crippen LogP contribution in [0.3, 0.4) is 0 Å². The van der Waals surface area contributed by atoms with Gasteiger partial charge in [-0.15, -0.1) is 0 Å². The van der Waals surface area contributed by atoms with Crippen LogP contribution in [0.1, 0.15) is 20.3 Å². The average molecular weight is 427 g/mol. The Labute approximate surface area is 162 Å². The van der Waals surface area contributed by atoms with Crippen LogP contribution in [0.25, 0.3) is 0 Å². The number of aliphatic carboxylic acids is 1. The third-order valence-electron chi connectivity index (χ3n) is 2.65. The lowest BCUT2D eigenvalue weighted by molar-refractivity contribution is -0.132. The largest absolute Gasteiger partial charge is 0.478 e. The highest BCUT2D eigenvalue weighted by Crippen LogP contribution is 2.18. The molecule has 0 aromatic heterocycles. The molecule has 2 unspecified atom stereocenters. The number of hydrogen-bond donors (Lipinski definition) is 3. The monoisotopic (exact) mass is 426 g/mol. The topological polar surface area (TPSA) is 105 Å². The lowest BCUT2D eigenvalue weighted by atomic mass is 10.4. The maximum atomic E-state index is 10.0. The molecule has 26 heavy (non-hydrogen) atoms. The molecular formula is C16H38O7Si3. The first-order valence-electron chi connectivity index (χ1n) is 8.79. The van der Waals surface area contributed by atoms with Gasteiger partial charge in [-0.2, -0.15) is 0 Å². The number of aliphatic hydroxyl groups excluding tert-OH is 2. The molecule has 0 aromatic carbocycles. The molecule has 3 N–H and O–H groups in total. The van der Waals surface area contributed by atoms with Gasteiger partial charge in [0.15, 0.2) is 16.6 Å². The van der Waals surface area contributed by atoms with Crippen LogP contribution in [0.5, 0.6) is 0 Å². The van der Waals surface area contributed by atoms with Crippen molar-refractivity contribution in [3.05, 3.63) is 12.2 Å². The first kappa shape index (κ1) is 27.9. The van der Waals surface area contributed by atoms with Gasteiger partial charge in [0.25, 0.3) is 0 Å². The van der Waals surface area contributed by atoms with Crippen molar-refractivity contribution >= 4 is 31.9 Å². The van der Waals surface area contributed by atoms with Gasteiger partial charge in [0.05, 0.1) is 6.61 Å². The Morgan fingerprint density at radius 1 is 1.12 bits per heavy atom. The maximum absolute atomic E-state index is 10.0. The predicted octanol–water partition coefficient (Wildman–Crippen LogP) is 2.24. The van der Waals surface area contributed by atoms with Gasteiger partial charge in [-0.25, -0.2) is 4.79 Å². The summed E-state index contributed by atoms with van der Waals surface area (Å²) in [5.74, 6) is -0.935. The van der Waals surface area contributed by atoms with Crippen molar-refractivity contribution in [3.63, 3.8) is 0 Å². The van der Waals surface area contributed by atoms with Gasteiger partial charge in [-0.3, -0.25) is 0 Å². The van der Waals surface area contributed by atoms with Gasteiger partial charge < -0.3 is 28.3 Å². The van der Waals surface area contributed by atoms with Crippen LogP contribution in [0, 0.1) is 0 Å². The molecular weight excluding hydrogens is 388 g/mol. The number of carbonyl (C=O) groups is 1. The standard InChI is InChI=1S/C12H32O5Si3.C4H6O2/c1-8-9-15-12(11(14)10-13)18(16-19(2,3)4)17-20(5,6)7;1-3(2)4(5)6/h11-14,18H,8-10H2,1-7H3;1H2,2H3,(H,5,6). The highest BCUT2D eigenvalue weighted by molar-refractivity contribution is 6.81. The first-order chi connectivity index (χ1) is 11.6. The summed E-state index contributed by atoms with van der Waals surface area (Å²) >= 11 is 0. The summed E-state index contributed by atoms with van der Waals surface area (Å²) in [6.07, 6.45) is -0.0822. The zero-order valence-corrected chi connectivity index (χ0v) is 20.7. The highest BCUT2D eigenvalue weighted by Gasteiger charge is 2.39. The average Bonchev–Trinajstić information content (AvgIpc) is 2.44. The van der Waals surface area contributed by atoms with E-state index in [0.29, 0.717) is 6.61 Å². The quantitative estimate of drug-likeness (QED) is 0.344. The third-order valence-corrected chi connectivity index (χ3v) is 11.3. The van der Waals surface area contributed by atoms with Gasteiger partial charge in [0.1, 0.15) is 11.8 Å². The Morgan fingerprint density at radius 3 is 1.73 bits per heavy atom. The lowest BCUT2D eigenvalue weighted by Crippen LogP contribution is -2.55. The molecule has 0 aliphatic heterocycles. The van der Waals surface area contributed by atoms with Crippen LogP contribution in [0.4, 0.5) is 0 Å². The first-order valence-corrected chi connectivity index (χ1v) is 17.2. The summed E-state index contributed by atoms with van der Waals surface area (Å²) in [6.45, 7) is 19.4. The van der Waals surface area contributed by atoms with E-state index in [-0.39, 0.29) is 12.2 Å². The van der Waals surface area contributed by atoms with E-state index in [4.69, 9.17) is 18.1 Å². The second kappa shape index (κ2) is 12.9. The number of carboxylic acid groups (broad SMARTS) is 1. The number of carboxylic acids is 1. The minimum atomic E-state index is -2.21. The van der Waals surface area contributed by atoms with Crippen LogP contribution in [-0.2, 0) is 17.8 Å². The van der Waals surface area contributed by atoms with Crippen molar-refractivity contribution in [2.24, 2.45) is 0 Å². The summed E-state index contributed by atoms with van der Waals surface area (Å²) in [5.41, 5.74) is -0.339. The predicted molar refractivity (Wildman–Crippen MR) is 112 cm³/mol. The molecule has 0 bridgehead atoms. The van der Waals surface area contributed by atoms with Gasteiger partial charge in [0, 0.05) is 12.2 Å². The number of aliphatic hydroxyl groups is 2. The van der Waals surface area contributed by atoms with E-state index in [1.807, 2.05) is 6.92 Å². The summed E-state index contributed by atoms with van der Waals surface area (Å²) in [7, 11) is -5.80. The SMILES string of the molecule is C=C(C)C(=O)O.CCCOC(C(O)CO)[SiH](O[Si](C)(C)C)O[Si](C)(C)C. The Bertz CT molecular complexity index is 391. The maximum Gasteiger partial charge on any atom is 0.333 e. The van der Waals surface area contributed by atoms with Gasteiger partial charge in [-0.05, 0) is 52.6 Å². The molecule has 0 radical (unpaired) electrons. The smallest absolute Gasteiger partial charge is 0.333 e. The second-order valence-corrected chi connectivity index (χ2v) is 19.7. The molecule has 7 nitrogen and oxygen atoms in total. The fourth-order valence-electron chi connectivity index (χ4n) is 1.58.